The van der Waals surface area contributed by atoms with Gasteiger partial charge < -0.3 is 14.6 Å². The summed E-state index contributed by atoms with van der Waals surface area (Å²) in [6.07, 6.45) is 1.67. The molecule has 0 bridgehead atoms. The molecule has 119 valence electrons. The summed E-state index contributed by atoms with van der Waals surface area (Å²) in [6.45, 7) is 2.83. The molecule has 2 rings (SSSR count). The SMILES string of the molecule is CCCc1c(O)[c]ccc1OCCOc1ccc(SC#N)cc1. The van der Waals surface area contributed by atoms with Gasteiger partial charge in [-0.2, -0.15) is 5.26 Å². The molecule has 0 heterocycles. The van der Waals surface area contributed by atoms with E-state index in [0.29, 0.717) is 19.0 Å². The second kappa shape index (κ2) is 8.96. The van der Waals surface area contributed by atoms with E-state index in [9.17, 15) is 5.11 Å². The number of benzene rings is 2. The fraction of sp³-hybridized carbons (Fsp3) is 0.278. The van der Waals surface area contributed by atoms with E-state index in [-0.39, 0.29) is 5.75 Å². The number of hydrogen-bond acceptors (Lipinski definition) is 5. The molecule has 0 saturated carbocycles. The first-order valence-corrected chi connectivity index (χ1v) is 8.20. The van der Waals surface area contributed by atoms with Crippen LogP contribution in [0.1, 0.15) is 18.9 Å². The Kier molecular flexibility index (Phi) is 6.64. The third kappa shape index (κ3) is 5.11. The van der Waals surface area contributed by atoms with Crippen LogP contribution in [0.25, 0.3) is 0 Å². The smallest absolute Gasteiger partial charge is 0.138 e. The summed E-state index contributed by atoms with van der Waals surface area (Å²) < 4.78 is 11.3. The second-order valence-corrected chi connectivity index (χ2v) is 5.64. The van der Waals surface area contributed by atoms with Gasteiger partial charge in [-0.25, -0.2) is 0 Å². The summed E-state index contributed by atoms with van der Waals surface area (Å²) in [5.74, 6) is 1.55. The monoisotopic (exact) mass is 328 g/mol. The van der Waals surface area contributed by atoms with Gasteiger partial charge in [-0.3, -0.25) is 0 Å². The first-order chi connectivity index (χ1) is 11.2. The summed E-state index contributed by atoms with van der Waals surface area (Å²) in [7, 11) is 0. The van der Waals surface area contributed by atoms with E-state index in [1.807, 2.05) is 36.6 Å². The predicted molar refractivity (Wildman–Crippen MR) is 89.8 cm³/mol. The minimum absolute atomic E-state index is 0.149. The molecule has 2 aromatic rings. The van der Waals surface area contributed by atoms with E-state index >= 15 is 0 Å². The third-order valence-corrected chi connectivity index (χ3v) is 3.73. The standard InChI is InChI=1S/C18H18NO3S/c1-2-4-16-17(20)5-3-6-18(16)22-12-11-21-14-7-9-15(10-8-14)23-13-19/h3,6-10,20H,2,4,11-12H2,1H3. The minimum Gasteiger partial charge on any atom is -0.507 e. The highest BCUT2D eigenvalue weighted by atomic mass is 32.2. The van der Waals surface area contributed by atoms with Crippen molar-refractivity contribution in [3.8, 4) is 22.6 Å². The Labute approximate surface area is 140 Å². The van der Waals surface area contributed by atoms with E-state index in [0.717, 1.165) is 40.8 Å². The Hall–Kier alpha value is -2.32. The maximum absolute atomic E-state index is 9.84. The molecule has 0 saturated heterocycles. The van der Waals surface area contributed by atoms with Gasteiger partial charge in [0.05, 0.1) is 0 Å². The number of ether oxygens (including phenoxy) is 2. The molecule has 23 heavy (non-hydrogen) atoms. The number of nitrogens with zero attached hydrogens (tertiary/aromatic N) is 1. The van der Waals surface area contributed by atoms with Crippen molar-refractivity contribution in [3.63, 3.8) is 0 Å². The van der Waals surface area contributed by atoms with Gasteiger partial charge in [0.15, 0.2) is 0 Å². The quantitative estimate of drug-likeness (QED) is 0.447. The topological polar surface area (TPSA) is 62.5 Å². The maximum atomic E-state index is 9.84. The average molecular weight is 328 g/mol. The van der Waals surface area contributed by atoms with Crippen molar-refractivity contribution >= 4 is 11.8 Å². The number of aromatic hydroxyl groups is 1. The van der Waals surface area contributed by atoms with Gasteiger partial charge in [-0.15, -0.1) is 0 Å². The zero-order chi connectivity index (χ0) is 16.5. The number of rotatable bonds is 8. The minimum atomic E-state index is 0.149. The van der Waals surface area contributed by atoms with Crippen LogP contribution in [0.2, 0.25) is 0 Å². The first-order valence-electron chi connectivity index (χ1n) is 7.38. The molecular weight excluding hydrogens is 310 g/mol. The molecule has 0 atom stereocenters. The van der Waals surface area contributed by atoms with Gasteiger partial charge >= 0.3 is 0 Å². The summed E-state index contributed by atoms with van der Waals surface area (Å²) in [4.78, 5) is 0.885. The average Bonchev–Trinajstić information content (AvgIpc) is 2.56. The lowest BCUT2D eigenvalue weighted by Crippen LogP contribution is -2.10. The number of nitriles is 1. The van der Waals surface area contributed by atoms with Crippen molar-refractivity contribution in [2.24, 2.45) is 0 Å². The molecule has 0 fully saturated rings. The van der Waals surface area contributed by atoms with Gasteiger partial charge in [-0.05, 0) is 54.6 Å². The molecule has 0 aliphatic rings. The van der Waals surface area contributed by atoms with Crippen LogP contribution in [0.5, 0.6) is 17.2 Å². The number of phenolic OH excluding ortho intramolecular Hbond substituents is 1. The van der Waals surface area contributed by atoms with Gasteiger partial charge in [0.2, 0.25) is 0 Å². The summed E-state index contributed by atoms with van der Waals surface area (Å²) in [5, 5.41) is 20.5. The van der Waals surface area contributed by atoms with Gasteiger partial charge in [0, 0.05) is 16.5 Å². The van der Waals surface area contributed by atoms with E-state index in [1.165, 1.54) is 0 Å². The van der Waals surface area contributed by atoms with Crippen LogP contribution in [0.3, 0.4) is 0 Å². The lowest BCUT2D eigenvalue weighted by molar-refractivity contribution is 0.215. The van der Waals surface area contributed by atoms with Crippen molar-refractivity contribution in [2.45, 2.75) is 24.7 Å². The number of phenols is 1. The Balaban J connectivity index is 1.84. The molecule has 0 aliphatic heterocycles. The third-order valence-electron chi connectivity index (χ3n) is 3.13. The van der Waals surface area contributed by atoms with Crippen molar-refractivity contribution in [2.75, 3.05) is 13.2 Å². The normalized spacial score (nSPS) is 10.1. The molecular formula is C18H18NO3S. The van der Waals surface area contributed by atoms with Crippen molar-refractivity contribution in [1.82, 2.24) is 0 Å². The molecule has 0 unspecified atom stereocenters. The lowest BCUT2D eigenvalue weighted by atomic mass is 10.1. The molecule has 4 nitrogen and oxygen atoms in total. The Bertz CT molecular complexity index is 665. The fourth-order valence-electron chi connectivity index (χ4n) is 2.10. The van der Waals surface area contributed by atoms with E-state index in [4.69, 9.17) is 14.7 Å². The van der Waals surface area contributed by atoms with Crippen LogP contribution in [-0.4, -0.2) is 18.3 Å². The van der Waals surface area contributed by atoms with E-state index in [2.05, 4.69) is 6.07 Å². The first kappa shape index (κ1) is 17.0. The van der Waals surface area contributed by atoms with Crippen LogP contribution < -0.4 is 9.47 Å². The highest BCUT2D eigenvalue weighted by molar-refractivity contribution is 8.03. The molecule has 5 heteroatoms. The molecule has 1 N–H and O–H groups in total. The van der Waals surface area contributed by atoms with Gasteiger partial charge in [0.25, 0.3) is 0 Å². The summed E-state index contributed by atoms with van der Waals surface area (Å²) in [5.41, 5.74) is 0.785. The van der Waals surface area contributed by atoms with Crippen molar-refractivity contribution < 1.29 is 14.6 Å². The zero-order valence-electron chi connectivity index (χ0n) is 12.9. The van der Waals surface area contributed by atoms with Crippen molar-refractivity contribution in [3.05, 3.63) is 48.0 Å². The molecule has 2 aromatic carbocycles. The van der Waals surface area contributed by atoms with Crippen LogP contribution >= 0.6 is 11.8 Å². The van der Waals surface area contributed by atoms with Gasteiger partial charge in [-0.1, -0.05) is 13.3 Å². The maximum Gasteiger partial charge on any atom is 0.138 e. The predicted octanol–water partition coefficient (Wildman–Crippen LogP) is 4.18. The van der Waals surface area contributed by atoms with Crippen LogP contribution in [0, 0.1) is 16.7 Å². The largest absolute Gasteiger partial charge is 0.507 e. The molecule has 0 aliphatic carbocycles. The van der Waals surface area contributed by atoms with Crippen LogP contribution in [0.4, 0.5) is 0 Å². The van der Waals surface area contributed by atoms with Gasteiger partial charge in [0.1, 0.15) is 35.9 Å². The number of hydrogen-bond donors (Lipinski definition) is 1. The second-order valence-electron chi connectivity index (χ2n) is 4.78. The summed E-state index contributed by atoms with van der Waals surface area (Å²) >= 11 is 1.12. The lowest BCUT2D eigenvalue weighted by Gasteiger charge is -2.13. The Morgan fingerprint density at radius 3 is 2.61 bits per heavy atom. The van der Waals surface area contributed by atoms with Crippen LogP contribution in [0.15, 0.2) is 41.3 Å². The Morgan fingerprint density at radius 1 is 1.17 bits per heavy atom. The fourth-order valence-corrected chi connectivity index (χ4v) is 2.47. The van der Waals surface area contributed by atoms with E-state index in [1.54, 1.807) is 12.1 Å². The molecule has 0 amide bonds. The molecule has 1 radical (unpaired) electrons. The number of thiocyanates is 1. The highest BCUT2D eigenvalue weighted by Gasteiger charge is 2.08. The number of thioether (sulfide) groups is 1. The van der Waals surface area contributed by atoms with E-state index < -0.39 is 0 Å². The zero-order valence-corrected chi connectivity index (χ0v) is 13.7. The molecule has 0 aromatic heterocycles. The van der Waals surface area contributed by atoms with Crippen molar-refractivity contribution in [1.29, 1.82) is 5.26 Å². The Morgan fingerprint density at radius 2 is 1.91 bits per heavy atom. The summed E-state index contributed by atoms with van der Waals surface area (Å²) in [6, 6.07) is 13.6. The molecule has 0 spiro atoms. The van der Waals surface area contributed by atoms with Crippen LogP contribution in [-0.2, 0) is 6.42 Å². The highest BCUT2D eigenvalue weighted by Crippen LogP contribution is 2.28.